The van der Waals surface area contributed by atoms with Crippen molar-refractivity contribution in [2.24, 2.45) is 0 Å². The van der Waals surface area contributed by atoms with Gasteiger partial charge in [-0.25, -0.2) is 14.8 Å². The van der Waals surface area contributed by atoms with Crippen LogP contribution in [0.1, 0.15) is 22.6 Å². The number of nitriles is 1. The second-order valence-corrected chi connectivity index (χ2v) is 5.48. The maximum absolute atomic E-state index is 9.63. The summed E-state index contributed by atoms with van der Waals surface area (Å²) < 4.78 is 2.10. The largest absolute Gasteiger partial charge is 0.341 e. The standard InChI is InChI=1S/C19H15N5/c1-13-18(10-20)19(15-4-6-16(21-3)7-5-15)14(2)24(13)11-17-8-9-22-12-23-17/h4-9,12H,11H2,1-2H3. The zero-order chi connectivity index (χ0) is 17.1. The first-order valence-corrected chi connectivity index (χ1v) is 7.48. The molecule has 0 amide bonds. The Morgan fingerprint density at radius 3 is 2.50 bits per heavy atom. The summed E-state index contributed by atoms with van der Waals surface area (Å²) in [5.74, 6) is 0. The lowest BCUT2D eigenvalue weighted by Gasteiger charge is -2.09. The molecule has 24 heavy (non-hydrogen) atoms. The highest BCUT2D eigenvalue weighted by Gasteiger charge is 2.19. The summed E-state index contributed by atoms with van der Waals surface area (Å²) in [5.41, 5.74) is 5.94. The van der Waals surface area contributed by atoms with E-state index >= 15 is 0 Å². The molecular formula is C19H15N5. The van der Waals surface area contributed by atoms with Crippen molar-refractivity contribution in [1.29, 1.82) is 5.26 Å². The molecule has 0 unspecified atom stereocenters. The Labute approximate surface area is 140 Å². The lowest BCUT2D eigenvalue weighted by Crippen LogP contribution is -2.05. The van der Waals surface area contributed by atoms with Gasteiger partial charge in [0.15, 0.2) is 5.69 Å². The second-order valence-electron chi connectivity index (χ2n) is 5.48. The Kier molecular flexibility index (Phi) is 4.09. The Bertz CT molecular complexity index is 954. The van der Waals surface area contributed by atoms with Crippen LogP contribution >= 0.6 is 0 Å². The highest BCUT2D eigenvalue weighted by Crippen LogP contribution is 2.33. The summed E-state index contributed by atoms with van der Waals surface area (Å²) in [7, 11) is 0. The fourth-order valence-electron chi connectivity index (χ4n) is 2.89. The molecule has 2 heterocycles. The van der Waals surface area contributed by atoms with Crippen molar-refractivity contribution < 1.29 is 0 Å². The first kappa shape index (κ1) is 15.5. The van der Waals surface area contributed by atoms with Gasteiger partial charge in [0.25, 0.3) is 0 Å². The Balaban J connectivity index is 2.12. The Hall–Kier alpha value is -3.44. The fourth-order valence-corrected chi connectivity index (χ4v) is 2.89. The van der Waals surface area contributed by atoms with Crippen LogP contribution in [0.2, 0.25) is 0 Å². The van der Waals surface area contributed by atoms with E-state index in [9.17, 15) is 5.26 Å². The van der Waals surface area contributed by atoms with Gasteiger partial charge >= 0.3 is 0 Å². The van der Waals surface area contributed by atoms with E-state index in [4.69, 9.17) is 6.57 Å². The number of rotatable bonds is 3. The van der Waals surface area contributed by atoms with Gasteiger partial charge in [-0.2, -0.15) is 5.26 Å². The minimum atomic E-state index is 0.590. The molecule has 0 aliphatic heterocycles. The minimum Gasteiger partial charge on any atom is -0.341 e. The molecule has 0 saturated heterocycles. The van der Waals surface area contributed by atoms with E-state index in [1.807, 2.05) is 32.0 Å². The highest BCUT2D eigenvalue weighted by molar-refractivity contribution is 5.76. The van der Waals surface area contributed by atoms with Gasteiger partial charge in [-0.05, 0) is 25.5 Å². The summed E-state index contributed by atoms with van der Waals surface area (Å²) in [6.07, 6.45) is 3.24. The molecule has 5 heteroatoms. The first-order chi connectivity index (χ1) is 11.7. The van der Waals surface area contributed by atoms with Crippen LogP contribution in [0.3, 0.4) is 0 Å². The monoisotopic (exact) mass is 313 g/mol. The van der Waals surface area contributed by atoms with E-state index in [1.54, 1.807) is 18.3 Å². The number of nitrogens with zero attached hydrogens (tertiary/aromatic N) is 5. The zero-order valence-corrected chi connectivity index (χ0v) is 13.5. The Morgan fingerprint density at radius 1 is 1.17 bits per heavy atom. The smallest absolute Gasteiger partial charge is 0.187 e. The van der Waals surface area contributed by atoms with E-state index in [0.29, 0.717) is 17.8 Å². The predicted molar refractivity (Wildman–Crippen MR) is 91.5 cm³/mol. The molecule has 3 aromatic rings. The third-order valence-electron chi connectivity index (χ3n) is 4.14. The first-order valence-electron chi connectivity index (χ1n) is 7.48. The van der Waals surface area contributed by atoms with Gasteiger partial charge in [-0.3, -0.25) is 0 Å². The van der Waals surface area contributed by atoms with Gasteiger partial charge < -0.3 is 4.57 Å². The number of benzene rings is 1. The van der Waals surface area contributed by atoms with Crippen LogP contribution in [0.25, 0.3) is 16.0 Å². The predicted octanol–water partition coefficient (Wildman–Crippen LogP) is 4.03. The summed E-state index contributed by atoms with van der Waals surface area (Å²) in [6.45, 7) is 11.6. The van der Waals surface area contributed by atoms with Crippen LogP contribution in [0.4, 0.5) is 5.69 Å². The average molecular weight is 313 g/mol. The van der Waals surface area contributed by atoms with E-state index in [1.165, 1.54) is 6.33 Å². The van der Waals surface area contributed by atoms with Crippen molar-refractivity contribution >= 4 is 5.69 Å². The van der Waals surface area contributed by atoms with Crippen molar-refractivity contribution in [2.45, 2.75) is 20.4 Å². The van der Waals surface area contributed by atoms with Gasteiger partial charge in [0.05, 0.1) is 24.4 Å². The topological polar surface area (TPSA) is 58.9 Å². The molecule has 3 rings (SSSR count). The van der Waals surface area contributed by atoms with Crippen LogP contribution in [0.5, 0.6) is 0 Å². The molecule has 1 aromatic carbocycles. The van der Waals surface area contributed by atoms with E-state index < -0.39 is 0 Å². The quantitative estimate of drug-likeness (QED) is 0.686. The van der Waals surface area contributed by atoms with Crippen molar-refractivity contribution in [3.63, 3.8) is 0 Å². The van der Waals surface area contributed by atoms with Crippen molar-refractivity contribution in [3.05, 3.63) is 76.9 Å². The molecule has 0 N–H and O–H groups in total. The molecule has 0 fully saturated rings. The summed E-state index contributed by atoms with van der Waals surface area (Å²) >= 11 is 0. The molecule has 0 aliphatic carbocycles. The van der Waals surface area contributed by atoms with Gasteiger partial charge in [-0.15, -0.1) is 0 Å². The van der Waals surface area contributed by atoms with Crippen LogP contribution in [-0.4, -0.2) is 14.5 Å². The third-order valence-corrected chi connectivity index (χ3v) is 4.14. The molecule has 0 spiro atoms. The fraction of sp³-hybridized carbons (Fsp3) is 0.158. The molecule has 116 valence electrons. The normalized spacial score (nSPS) is 10.2. The van der Waals surface area contributed by atoms with Gasteiger partial charge in [-0.1, -0.05) is 24.3 Å². The molecule has 0 aliphatic rings. The van der Waals surface area contributed by atoms with Gasteiger partial charge in [0.1, 0.15) is 12.4 Å². The molecule has 0 atom stereocenters. The number of aromatic nitrogens is 3. The van der Waals surface area contributed by atoms with Crippen LogP contribution in [-0.2, 0) is 6.54 Å². The van der Waals surface area contributed by atoms with E-state index in [0.717, 1.165) is 28.2 Å². The average Bonchev–Trinajstić information content (AvgIpc) is 2.86. The van der Waals surface area contributed by atoms with Crippen molar-refractivity contribution in [2.75, 3.05) is 0 Å². The SMILES string of the molecule is [C-]#[N+]c1ccc(-c2c(C#N)c(C)n(Cc3ccncn3)c2C)cc1. The maximum atomic E-state index is 9.63. The summed E-state index contributed by atoms with van der Waals surface area (Å²) in [6, 6.07) is 11.5. The molecule has 0 bridgehead atoms. The van der Waals surface area contributed by atoms with Crippen LogP contribution in [0.15, 0.2) is 42.9 Å². The van der Waals surface area contributed by atoms with Gasteiger partial charge in [0.2, 0.25) is 0 Å². The molecule has 0 saturated carbocycles. The maximum Gasteiger partial charge on any atom is 0.187 e. The molecule has 5 nitrogen and oxygen atoms in total. The molecule has 2 aromatic heterocycles. The summed E-state index contributed by atoms with van der Waals surface area (Å²) in [5, 5.41) is 9.63. The van der Waals surface area contributed by atoms with Crippen LogP contribution < -0.4 is 0 Å². The van der Waals surface area contributed by atoms with Gasteiger partial charge in [0, 0.05) is 23.1 Å². The minimum absolute atomic E-state index is 0.590. The Morgan fingerprint density at radius 2 is 1.92 bits per heavy atom. The van der Waals surface area contributed by atoms with E-state index in [-0.39, 0.29) is 0 Å². The lowest BCUT2D eigenvalue weighted by molar-refractivity contribution is 0.727. The summed E-state index contributed by atoms with van der Waals surface area (Å²) in [4.78, 5) is 11.6. The third kappa shape index (κ3) is 2.64. The molecular weight excluding hydrogens is 298 g/mol. The van der Waals surface area contributed by atoms with Crippen molar-refractivity contribution in [1.82, 2.24) is 14.5 Å². The highest BCUT2D eigenvalue weighted by atomic mass is 15.0. The lowest BCUT2D eigenvalue weighted by atomic mass is 10.0. The molecule has 0 radical (unpaired) electrons. The van der Waals surface area contributed by atoms with E-state index in [2.05, 4.69) is 25.4 Å². The zero-order valence-electron chi connectivity index (χ0n) is 13.5. The number of hydrogen-bond donors (Lipinski definition) is 0. The second kappa shape index (κ2) is 6.36. The number of hydrogen-bond acceptors (Lipinski definition) is 3. The van der Waals surface area contributed by atoms with Crippen molar-refractivity contribution in [3.8, 4) is 17.2 Å². The van der Waals surface area contributed by atoms with Crippen LogP contribution in [0, 0.1) is 31.8 Å².